The van der Waals surface area contributed by atoms with E-state index in [-0.39, 0.29) is 5.82 Å². The number of rotatable bonds is 2. The van der Waals surface area contributed by atoms with E-state index in [9.17, 15) is 4.79 Å². The van der Waals surface area contributed by atoms with Crippen LogP contribution in [0.15, 0.2) is 36.4 Å². The average molecular weight is 228 g/mol. The number of methoxy groups -OCH3 is 1. The van der Waals surface area contributed by atoms with Crippen LogP contribution in [-0.2, 0) is 4.74 Å². The molecule has 0 aliphatic carbocycles. The first-order chi connectivity index (χ1) is 8.20. The maximum absolute atomic E-state index is 11.4. The number of hydrogen-bond acceptors (Lipinski definition) is 4. The summed E-state index contributed by atoms with van der Waals surface area (Å²) in [7, 11) is 1.32. The lowest BCUT2D eigenvalue weighted by Gasteiger charge is -2.04. The summed E-state index contributed by atoms with van der Waals surface area (Å²) in [6.07, 6.45) is 0. The van der Waals surface area contributed by atoms with E-state index in [2.05, 4.69) is 14.7 Å². The lowest BCUT2D eigenvalue weighted by Crippen LogP contribution is -2.09. The molecule has 0 N–H and O–H groups in total. The first kappa shape index (κ1) is 11.3. The van der Waals surface area contributed by atoms with Gasteiger partial charge in [0.05, 0.1) is 12.8 Å². The highest BCUT2D eigenvalue weighted by Gasteiger charge is 2.11. The van der Waals surface area contributed by atoms with E-state index >= 15 is 0 Å². The van der Waals surface area contributed by atoms with Crippen molar-refractivity contribution in [2.24, 2.45) is 0 Å². The van der Waals surface area contributed by atoms with E-state index in [0.717, 1.165) is 17.0 Å². The second-order valence-corrected chi connectivity index (χ2v) is 3.58. The molecule has 4 nitrogen and oxygen atoms in total. The van der Waals surface area contributed by atoms with E-state index < -0.39 is 5.97 Å². The van der Waals surface area contributed by atoms with Gasteiger partial charge in [0.2, 0.25) is 5.82 Å². The largest absolute Gasteiger partial charge is 0.463 e. The Morgan fingerprint density at radius 3 is 2.53 bits per heavy atom. The highest BCUT2D eigenvalue weighted by molar-refractivity contribution is 5.85. The van der Waals surface area contributed by atoms with Gasteiger partial charge in [0.1, 0.15) is 0 Å². The van der Waals surface area contributed by atoms with Crippen LogP contribution in [-0.4, -0.2) is 23.0 Å². The predicted molar refractivity (Wildman–Crippen MR) is 63.5 cm³/mol. The molecule has 0 spiro atoms. The Morgan fingerprint density at radius 2 is 1.88 bits per heavy atom. The summed E-state index contributed by atoms with van der Waals surface area (Å²) >= 11 is 0. The van der Waals surface area contributed by atoms with Crippen LogP contribution >= 0.6 is 0 Å². The summed E-state index contributed by atoms with van der Waals surface area (Å²) in [5.41, 5.74) is 2.40. The molecule has 0 atom stereocenters. The van der Waals surface area contributed by atoms with Gasteiger partial charge in [0, 0.05) is 11.3 Å². The average Bonchev–Trinajstić information content (AvgIpc) is 2.38. The molecule has 86 valence electrons. The molecule has 4 heteroatoms. The second-order valence-electron chi connectivity index (χ2n) is 3.58. The standard InChI is InChI=1S/C13H12N2O2/c1-9-8-11(10-6-4-3-5-7-10)15-12(14-9)13(16)17-2/h3-8H,1-2H3. The minimum Gasteiger partial charge on any atom is -0.463 e. The summed E-state index contributed by atoms with van der Waals surface area (Å²) < 4.78 is 4.62. The van der Waals surface area contributed by atoms with Crippen molar-refractivity contribution < 1.29 is 9.53 Å². The maximum atomic E-state index is 11.4. The van der Waals surface area contributed by atoms with Crippen molar-refractivity contribution >= 4 is 5.97 Å². The molecule has 0 saturated carbocycles. The molecule has 0 aliphatic heterocycles. The molecule has 1 aromatic heterocycles. The van der Waals surface area contributed by atoms with Gasteiger partial charge in [0.25, 0.3) is 0 Å². The lowest BCUT2D eigenvalue weighted by atomic mass is 10.1. The number of benzene rings is 1. The number of carbonyl (C=O) groups excluding carboxylic acids is 1. The van der Waals surface area contributed by atoms with Gasteiger partial charge in [-0.05, 0) is 13.0 Å². The number of aryl methyl sites for hydroxylation is 1. The topological polar surface area (TPSA) is 52.1 Å². The van der Waals surface area contributed by atoms with E-state index in [1.165, 1.54) is 7.11 Å². The number of carbonyl (C=O) groups is 1. The Balaban J connectivity index is 2.49. The smallest absolute Gasteiger partial charge is 0.376 e. The molecular weight excluding hydrogens is 216 g/mol. The van der Waals surface area contributed by atoms with E-state index in [4.69, 9.17) is 0 Å². The maximum Gasteiger partial charge on any atom is 0.376 e. The zero-order valence-corrected chi connectivity index (χ0v) is 9.68. The van der Waals surface area contributed by atoms with Gasteiger partial charge in [-0.2, -0.15) is 0 Å². The monoisotopic (exact) mass is 228 g/mol. The van der Waals surface area contributed by atoms with Crippen molar-refractivity contribution in [3.8, 4) is 11.3 Å². The van der Waals surface area contributed by atoms with Crippen LogP contribution < -0.4 is 0 Å². The zero-order chi connectivity index (χ0) is 12.3. The summed E-state index contributed by atoms with van der Waals surface area (Å²) in [6.45, 7) is 1.82. The normalized spacial score (nSPS) is 10.0. The third kappa shape index (κ3) is 2.47. The molecule has 0 bridgehead atoms. The van der Waals surface area contributed by atoms with Crippen molar-refractivity contribution in [2.75, 3.05) is 7.11 Å². The second kappa shape index (κ2) is 4.74. The number of nitrogens with zero attached hydrogens (tertiary/aromatic N) is 2. The molecule has 17 heavy (non-hydrogen) atoms. The Hall–Kier alpha value is -2.23. The molecule has 2 rings (SSSR count). The van der Waals surface area contributed by atoms with Crippen molar-refractivity contribution in [3.05, 3.63) is 47.9 Å². The Labute approximate surface area is 99.3 Å². The van der Waals surface area contributed by atoms with E-state index in [1.54, 1.807) is 0 Å². The number of hydrogen-bond donors (Lipinski definition) is 0. The van der Waals surface area contributed by atoms with Crippen LogP contribution in [0.25, 0.3) is 11.3 Å². The molecule has 0 saturated heterocycles. The quantitative estimate of drug-likeness (QED) is 0.740. The van der Waals surface area contributed by atoms with Crippen molar-refractivity contribution in [2.45, 2.75) is 6.92 Å². The summed E-state index contributed by atoms with van der Waals surface area (Å²) in [6, 6.07) is 11.5. The van der Waals surface area contributed by atoms with Crippen LogP contribution in [0.1, 0.15) is 16.3 Å². The van der Waals surface area contributed by atoms with Gasteiger partial charge in [-0.1, -0.05) is 30.3 Å². The van der Waals surface area contributed by atoms with Gasteiger partial charge in [-0.25, -0.2) is 14.8 Å². The van der Waals surface area contributed by atoms with Crippen molar-refractivity contribution in [1.29, 1.82) is 0 Å². The van der Waals surface area contributed by atoms with E-state index in [0.29, 0.717) is 0 Å². The van der Waals surface area contributed by atoms with E-state index in [1.807, 2.05) is 43.3 Å². The molecule has 2 aromatic rings. The Kier molecular flexibility index (Phi) is 3.14. The highest BCUT2D eigenvalue weighted by atomic mass is 16.5. The molecule has 0 radical (unpaired) electrons. The van der Waals surface area contributed by atoms with Crippen LogP contribution in [0.2, 0.25) is 0 Å². The SMILES string of the molecule is COC(=O)c1nc(C)cc(-c2ccccc2)n1. The van der Waals surface area contributed by atoms with Crippen molar-refractivity contribution in [1.82, 2.24) is 9.97 Å². The fourth-order valence-corrected chi connectivity index (χ4v) is 1.51. The van der Waals surface area contributed by atoms with Gasteiger partial charge in [-0.3, -0.25) is 0 Å². The number of aromatic nitrogens is 2. The fourth-order valence-electron chi connectivity index (χ4n) is 1.51. The van der Waals surface area contributed by atoms with Crippen LogP contribution in [0, 0.1) is 6.92 Å². The highest BCUT2D eigenvalue weighted by Crippen LogP contribution is 2.17. The molecule has 0 aliphatic rings. The number of esters is 1. The molecular formula is C13H12N2O2. The molecule has 0 fully saturated rings. The number of ether oxygens (including phenoxy) is 1. The summed E-state index contributed by atoms with van der Waals surface area (Å²) in [5.74, 6) is -0.433. The lowest BCUT2D eigenvalue weighted by molar-refractivity contribution is 0.0586. The van der Waals surface area contributed by atoms with Gasteiger partial charge >= 0.3 is 5.97 Å². The predicted octanol–water partition coefficient (Wildman–Crippen LogP) is 2.24. The van der Waals surface area contributed by atoms with Gasteiger partial charge in [0.15, 0.2) is 0 Å². The van der Waals surface area contributed by atoms with Crippen LogP contribution in [0.5, 0.6) is 0 Å². The first-order valence-electron chi connectivity index (χ1n) is 5.20. The Morgan fingerprint density at radius 1 is 1.18 bits per heavy atom. The molecule has 1 heterocycles. The van der Waals surface area contributed by atoms with Crippen molar-refractivity contribution in [3.63, 3.8) is 0 Å². The van der Waals surface area contributed by atoms with Gasteiger partial charge in [-0.15, -0.1) is 0 Å². The van der Waals surface area contributed by atoms with Crippen LogP contribution in [0.4, 0.5) is 0 Å². The first-order valence-corrected chi connectivity index (χ1v) is 5.20. The minimum atomic E-state index is -0.522. The third-order valence-electron chi connectivity index (χ3n) is 2.29. The Bertz CT molecular complexity index is 538. The van der Waals surface area contributed by atoms with Crippen LogP contribution in [0.3, 0.4) is 0 Å². The summed E-state index contributed by atoms with van der Waals surface area (Å²) in [5, 5.41) is 0. The molecule has 0 unspecified atom stereocenters. The molecule has 0 amide bonds. The minimum absolute atomic E-state index is 0.0892. The fraction of sp³-hybridized carbons (Fsp3) is 0.154. The van der Waals surface area contributed by atoms with Gasteiger partial charge < -0.3 is 4.74 Å². The third-order valence-corrected chi connectivity index (χ3v) is 2.29. The zero-order valence-electron chi connectivity index (χ0n) is 9.68. The molecule has 1 aromatic carbocycles. The summed E-state index contributed by atoms with van der Waals surface area (Å²) in [4.78, 5) is 19.6.